The van der Waals surface area contributed by atoms with Gasteiger partial charge in [-0.3, -0.25) is 4.79 Å². The van der Waals surface area contributed by atoms with Crippen molar-refractivity contribution in [2.75, 3.05) is 41.3 Å². The van der Waals surface area contributed by atoms with Crippen molar-refractivity contribution in [3.05, 3.63) is 45.9 Å². The van der Waals surface area contributed by atoms with Crippen LogP contribution >= 0.6 is 22.6 Å². The fourth-order valence-corrected chi connectivity index (χ4v) is 5.75. The summed E-state index contributed by atoms with van der Waals surface area (Å²) in [5, 5.41) is 2.96. The molecular weight excluding hydrogens is 565 g/mol. The number of amides is 1. The van der Waals surface area contributed by atoms with Crippen LogP contribution in [0.15, 0.2) is 36.8 Å². The molecule has 3 aliphatic rings. The summed E-state index contributed by atoms with van der Waals surface area (Å²) in [4.78, 5) is 26.6. The highest BCUT2D eigenvalue weighted by atomic mass is 127. The van der Waals surface area contributed by atoms with E-state index in [1.165, 1.54) is 25.7 Å². The molecule has 1 aromatic carbocycles. The van der Waals surface area contributed by atoms with Crippen molar-refractivity contribution in [2.45, 2.75) is 44.4 Å². The van der Waals surface area contributed by atoms with Gasteiger partial charge in [-0.2, -0.15) is 0 Å². The van der Waals surface area contributed by atoms with E-state index in [4.69, 9.17) is 0 Å². The highest BCUT2D eigenvalue weighted by molar-refractivity contribution is 14.1. The first kappa shape index (κ1) is 22.9. The molecule has 3 fully saturated rings. The summed E-state index contributed by atoms with van der Waals surface area (Å²) in [6.07, 6.45) is 9.71. The number of fused-ring (bicyclic) bond motifs is 1. The average Bonchev–Trinajstić information content (AvgIpc) is 3.41. The summed E-state index contributed by atoms with van der Waals surface area (Å²) >= 11 is 2.28. The van der Waals surface area contributed by atoms with Gasteiger partial charge in [0.2, 0.25) is 0 Å². The molecule has 35 heavy (non-hydrogen) atoms. The first-order chi connectivity index (χ1) is 16.8. The van der Waals surface area contributed by atoms with Crippen LogP contribution in [0.3, 0.4) is 0 Å². The van der Waals surface area contributed by atoms with E-state index >= 15 is 0 Å². The Balaban J connectivity index is 1.27. The molecule has 3 aromatic rings. The smallest absolute Gasteiger partial charge is 0.258 e. The number of benzene rings is 1. The van der Waals surface area contributed by atoms with Crippen molar-refractivity contribution < 1.29 is 13.6 Å². The fourth-order valence-electron chi connectivity index (χ4n) is 5.27. The van der Waals surface area contributed by atoms with Gasteiger partial charge in [0.05, 0.1) is 17.4 Å². The van der Waals surface area contributed by atoms with Gasteiger partial charge in [-0.25, -0.2) is 18.7 Å². The van der Waals surface area contributed by atoms with Gasteiger partial charge >= 0.3 is 0 Å². The molecule has 7 nitrogen and oxygen atoms in total. The molecule has 0 radical (unpaired) electrons. The quantitative estimate of drug-likeness (QED) is 0.422. The summed E-state index contributed by atoms with van der Waals surface area (Å²) in [5.74, 6) is -2.00. The van der Waals surface area contributed by atoms with E-state index in [-0.39, 0.29) is 31.8 Å². The third kappa shape index (κ3) is 4.56. The molecular formula is C25H27F2IN6O. The predicted octanol–water partition coefficient (Wildman–Crippen LogP) is 5.20. The topological polar surface area (TPSA) is 65.8 Å². The molecule has 0 bridgehead atoms. The monoisotopic (exact) mass is 592 g/mol. The lowest BCUT2D eigenvalue weighted by Gasteiger charge is -2.35. The van der Waals surface area contributed by atoms with Gasteiger partial charge in [0.1, 0.15) is 0 Å². The number of halogens is 3. The zero-order chi connectivity index (χ0) is 24.2. The minimum atomic E-state index is -2.65. The van der Waals surface area contributed by atoms with Crippen LogP contribution in [0.2, 0.25) is 0 Å². The summed E-state index contributed by atoms with van der Waals surface area (Å²) in [5.41, 5.74) is 2.71. The normalized spacial score (nSPS) is 20.9. The van der Waals surface area contributed by atoms with Gasteiger partial charge in [-0.1, -0.05) is 0 Å². The molecule has 2 aromatic heterocycles. The van der Waals surface area contributed by atoms with E-state index in [1.807, 2.05) is 17.0 Å². The number of carbonyl (C=O) groups is 1. The molecule has 2 aliphatic heterocycles. The van der Waals surface area contributed by atoms with Crippen molar-refractivity contribution in [2.24, 2.45) is 5.41 Å². The Labute approximate surface area is 216 Å². The number of carbonyl (C=O) groups excluding carboxylic acids is 1. The molecule has 4 heterocycles. The molecule has 1 amide bonds. The van der Waals surface area contributed by atoms with Gasteiger partial charge < -0.3 is 19.5 Å². The summed E-state index contributed by atoms with van der Waals surface area (Å²) in [7, 11) is 0. The van der Waals surface area contributed by atoms with Crippen LogP contribution in [0.5, 0.6) is 0 Å². The number of anilines is 3. The number of piperidine rings is 2. The highest BCUT2D eigenvalue weighted by Crippen LogP contribution is 2.54. The number of hydrogen-bond acceptors (Lipinski definition) is 5. The number of nitrogens with one attached hydrogen (secondary N) is 1. The third-order valence-corrected chi connectivity index (χ3v) is 8.39. The fraction of sp³-hybridized carbons (Fsp3) is 0.480. The van der Waals surface area contributed by atoms with Crippen molar-refractivity contribution in [1.29, 1.82) is 0 Å². The number of hydrogen-bond donors (Lipinski definition) is 1. The number of imidazole rings is 1. The largest absolute Gasteiger partial charge is 0.371 e. The van der Waals surface area contributed by atoms with Crippen LogP contribution in [-0.4, -0.2) is 52.4 Å². The molecule has 1 spiro atoms. The van der Waals surface area contributed by atoms with Crippen molar-refractivity contribution >= 4 is 51.5 Å². The van der Waals surface area contributed by atoms with Crippen LogP contribution in [0.25, 0.3) is 5.65 Å². The lowest BCUT2D eigenvalue weighted by Crippen LogP contribution is -2.40. The first-order valence-corrected chi connectivity index (χ1v) is 13.2. The van der Waals surface area contributed by atoms with E-state index in [0.717, 1.165) is 22.3 Å². The predicted molar refractivity (Wildman–Crippen MR) is 140 cm³/mol. The Bertz CT molecular complexity index is 1270. The Morgan fingerprint density at radius 1 is 1.00 bits per heavy atom. The highest BCUT2D eigenvalue weighted by Gasteiger charge is 2.44. The molecule has 2 saturated heterocycles. The first-order valence-electron chi connectivity index (χ1n) is 12.1. The van der Waals surface area contributed by atoms with Crippen molar-refractivity contribution in [1.82, 2.24) is 14.4 Å². The molecule has 0 atom stereocenters. The van der Waals surface area contributed by atoms with E-state index < -0.39 is 5.92 Å². The van der Waals surface area contributed by atoms with Crippen LogP contribution < -0.4 is 15.1 Å². The number of rotatable bonds is 4. The van der Waals surface area contributed by atoms with E-state index in [1.54, 1.807) is 23.0 Å². The number of alkyl halides is 2. The van der Waals surface area contributed by atoms with Crippen LogP contribution in [-0.2, 0) is 0 Å². The van der Waals surface area contributed by atoms with Gasteiger partial charge in [0, 0.05) is 55.0 Å². The lowest BCUT2D eigenvalue weighted by molar-refractivity contribution is -0.0221. The summed E-state index contributed by atoms with van der Waals surface area (Å²) in [6.45, 7) is 2.31. The second kappa shape index (κ2) is 8.56. The molecule has 0 unspecified atom stereocenters. The maximum atomic E-state index is 13.7. The van der Waals surface area contributed by atoms with E-state index in [0.29, 0.717) is 28.3 Å². The van der Waals surface area contributed by atoms with Gasteiger partial charge in [-0.15, -0.1) is 0 Å². The standard InChI is InChI=1S/C25H27F2IN6O/c26-25(27)7-12-33(13-8-25)22-21-29-9-14-34(21)16-20(30-22)31-23(35)18-2-1-17(28)15-19(18)32-10-5-24(3-4-24)6-11-32/h1-2,9,14-16H,3-8,10-13H2,(H,31,35). The molecule has 1 saturated carbocycles. The van der Waals surface area contributed by atoms with Crippen LogP contribution in [0.4, 0.5) is 26.1 Å². The number of aromatic nitrogens is 3. The third-order valence-electron chi connectivity index (χ3n) is 7.72. The van der Waals surface area contributed by atoms with E-state index in [9.17, 15) is 13.6 Å². The van der Waals surface area contributed by atoms with E-state index in [2.05, 4.69) is 48.8 Å². The van der Waals surface area contributed by atoms with Crippen LogP contribution in [0.1, 0.15) is 48.9 Å². The van der Waals surface area contributed by atoms with Crippen molar-refractivity contribution in [3.63, 3.8) is 0 Å². The number of nitrogens with zero attached hydrogens (tertiary/aromatic N) is 5. The molecule has 6 rings (SSSR count). The summed E-state index contributed by atoms with van der Waals surface area (Å²) < 4.78 is 30.3. The van der Waals surface area contributed by atoms with Crippen molar-refractivity contribution in [3.8, 4) is 0 Å². The second-order valence-corrected chi connectivity index (χ2v) is 11.3. The minimum absolute atomic E-state index is 0.192. The Morgan fingerprint density at radius 3 is 2.43 bits per heavy atom. The van der Waals surface area contributed by atoms with Crippen LogP contribution in [0, 0.1) is 8.99 Å². The molecule has 1 N–H and O–H groups in total. The summed E-state index contributed by atoms with van der Waals surface area (Å²) in [6, 6.07) is 5.89. The SMILES string of the molecule is O=C(Nc1cn2ccnc2c(N2CCC(F)(F)CC2)n1)c1ccc(I)cc1N1CCC2(CC1)CC2. The Kier molecular flexibility index (Phi) is 5.61. The Hall–Kier alpha value is -2.50. The van der Waals surface area contributed by atoms with Gasteiger partial charge in [0.15, 0.2) is 17.3 Å². The maximum absolute atomic E-state index is 13.7. The lowest BCUT2D eigenvalue weighted by atomic mass is 9.93. The Morgan fingerprint density at radius 2 is 1.71 bits per heavy atom. The molecule has 10 heteroatoms. The van der Waals surface area contributed by atoms with Gasteiger partial charge in [0.25, 0.3) is 11.8 Å². The van der Waals surface area contributed by atoms with Gasteiger partial charge in [-0.05, 0) is 71.9 Å². The maximum Gasteiger partial charge on any atom is 0.258 e. The second-order valence-electron chi connectivity index (χ2n) is 10.1. The molecule has 1 aliphatic carbocycles. The minimum Gasteiger partial charge on any atom is -0.371 e. The zero-order valence-corrected chi connectivity index (χ0v) is 21.5. The average molecular weight is 592 g/mol. The zero-order valence-electron chi connectivity index (χ0n) is 19.3. The molecule has 184 valence electrons.